The van der Waals surface area contributed by atoms with Gasteiger partial charge in [-0.05, 0) is 77.1 Å². The van der Waals surface area contributed by atoms with Gasteiger partial charge in [0.05, 0.1) is 0 Å². The van der Waals surface area contributed by atoms with E-state index in [1.54, 1.807) is 18.2 Å². The molecule has 0 atom stereocenters. The predicted octanol–water partition coefficient (Wildman–Crippen LogP) is 4.28. The molecule has 0 saturated heterocycles. The highest BCUT2D eigenvalue weighted by Gasteiger charge is 2.14. The Labute approximate surface area is 150 Å². The van der Waals surface area contributed by atoms with Crippen LogP contribution in [0.2, 0.25) is 0 Å². The smallest absolute Gasteiger partial charge is 0.126 e. The number of benzene rings is 3. The van der Waals surface area contributed by atoms with Gasteiger partial charge in [0, 0.05) is 18.3 Å². The van der Waals surface area contributed by atoms with Crippen molar-refractivity contribution in [1.82, 2.24) is 0 Å². The minimum absolute atomic E-state index is 0.134. The van der Waals surface area contributed by atoms with Gasteiger partial charge in [0.1, 0.15) is 17.4 Å². The van der Waals surface area contributed by atoms with Crippen LogP contribution in [0.4, 0.5) is 14.5 Å². The number of nitrogens with two attached hydrogens (primary N) is 2. The van der Waals surface area contributed by atoms with E-state index in [0.717, 1.165) is 33.9 Å². The van der Waals surface area contributed by atoms with Crippen LogP contribution in [0.5, 0.6) is 5.75 Å². The van der Waals surface area contributed by atoms with Crippen LogP contribution in [-0.2, 0) is 13.0 Å². The Balaban J connectivity index is 2.17. The average molecular weight is 354 g/mol. The normalized spacial score (nSPS) is 10.9. The van der Waals surface area contributed by atoms with Crippen molar-refractivity contribution in [2.75, 3.05) is 5.73 Å². The molecule has 0 aliphatic rings. The van der Waals surface area contributed by atoms with Gasteiger partial charge in [-0.25, -0.2) is 8.78 Å². The highest BCUT2D eigenvalue weighted by atomic mass is 19.1. The molecule has 0 heterocycles. The zero-order chi connectivity index (χ0) is 18.8. The molecule has 0 unspecified atom stereocenters. The SMILES string of the molecule is Cc1ccc(O)cc1-c1cc(N)c(CN)cc1Cc1cc(F)cc(F)c1. The molecular formula is C21H20F2N2O. The van der Waals surface area contributed by atoms with E-state index in [9.17, 15) is 13.9 Å². The lowest BCUT2D eigenvalue weighted by molar-refractivity contribution is 0.475. The van der Waals surface area contributed by atoms with Crippen molar-refractivity contribution in [2.45, 2.75) is 19.9 Å². The lowest BCUT2D eigenvalue weighted by Gasteiger charge is -2.16. The fraction of sp³-hybridized carbons (Fsp3) is 0.143. The molecule has 3 aromatic carbocycles. The van der Waals surface area contributed by atoms with E-state index in [0.29, 0.717) is 17.7 Å². The van der Waals surface area contributed by atoms with Crippen molar-refractivity contribution in [3.63, 3.8) is 0 Å². The van der Waals surface area contributed by atoms with Crippen molar-refractivity contribution in [3.8, 4) is 16.9 Å². The Morgan fingerprint density at radius 2 is 1.58 bits per heavy atom. The van der Waals surface area contributed by atoms with Gasteiger partial charge in [0.15, 0.2) is 0 Å². The molecule has 0 aliphatic carbocycles. The van der Waals surface area contributed by atoms with E-state index >= 15 is 0 Å². The third kappa shape index (κ3) is 3.68. The fourth-order valence-electron chi connectivity index (χ4n) is 3.12. The van der Waals surface area contributed by atoms with Crippen molar-refractivity contribution >= 4 is 5.69 Å². The van der Waals surface area contributed by atoms with E-state index in [1.165, 1.54) is 12.1 Å². The van der Waals surface area contributed by atoms with Crippen LogP contribution in [0.25, 0.3) is 11.1 Å². The number of aromatic hydroxyl groups is 1. The Kier molecular flexibility index (Phi) is 4.91. The molecule has 0 bridgehead atoms. The molecule has 0 radical (unpaired) electrons. The second-order valence-electron chi connectivity index (χ2n) is 6.37. The number of aryl methyl sites for hydroxylation is 1. The molecule has 5 heteroatoms. The first kappa shape index (κ1) is 17.9. The maximum Gasteiger partial charge on any atom is 0.126 e. The molecule has 3 nitrogen and oxygen atoms in total. The monoisotopic (exact) mass is 354 g/mol. The lowest BCUT2D eigenvalue weighted by atomic mass is 9.90. The van der Waals surface area contributed by atoms with Gasteiger partial charge in [-0.15, -0.1) is 0 Å². The molecule has 26 heavy (non-hydrogen) atoms. The Bertz CT molecular complexity index is 950. The van der Waals surface area contributed by atoms with E-state index in [-0.39, 0.29) is 12.3 Å². The number of hydrogen-bond donors (Lipinski definition) is 3. The highest BCUT2D eigenvalue weighted by molar-refractivity contribution is 5.76. The Hall–Kier alpha value is -2.92. The number of phenols is 1. The van der Waals surface area contributed by atoms with Crippen LogP contribution < -0.4 is 11.5 Å². The van der Waals surface area contributed by atoms with Gasteiger partial charge < -0.3 is 16.6 Å². The number of halogens is 2. The fourth-order valence-corrected chi connectivity index (χ4v) is 3.12. The van der Waals surface area contributed by atoms with Crippen LogP contribution in [0.3, 0.4) is 0 Å². The summed E-state index contributed by atoms with van der Waals surface area (Å²) in [5, 5.41) is 9.87. The van der Waals surface area contributed by atoms with E-state index < -0.39 is 11.6 Å². The largest absolute Gasteiger partial charge is 0.508 e. The maximum atomic E-state index is 13.6. The zero-order valence-corrected chi connectivity index (χ0v) is 14.4. The van der Waals surface area contributed by atoms with Gasteiger partial charge in [0.25, 0.3) is 0 Å². The van der Waals surface area contributed by atoms with Gasteiger partial charge in [-0.1, -0.05) is 12.1 Å². The van der Waals surface area contributed by atoms with Gasteiger partial charge in [-0.2, -0.15) is 0 Å². The molecular weight excluding hydrogens is 334 g/mol. The zero-order valence-electron chi connectivity index (χ0n) is 14.4. The molecule has 0 aromatic heterocycles. The molecule has 5 N–H and O–H groups in total. The molecule has 0 spiro atoms. The topological polar surface area (TPSA) is 72.3 Å². The van der Waals surface area contributed by atoms with E-state index in [2.05, 4.69) is 0 Å². The summed E-state index contributed by atoms with van der Waals surface area (Å²) >= 11 is 0. The van der Waals surface area contributed by atoms with Crippen LogP contribution in [0.1, 0.15) is 22.3 Å². The predicted molar refractivity (Wildman–Crippen MR) is 99.7 cm³/mol. The first-order valence-electron chi connectivity index (χ1n) is 8.23. The summed E-state index contributed by atoms with van der Waals surface area (Å²) in [4.78, 5) is 0. The van der Waals surface area contributed by atoms with Crippen molar-refractivity contribution in [3.05, 3.63) is 82.4 Å². The van der Waals surface area contributed by atoms with Crippen molar-refractivity contribution in [1.29, 1.82) is 0 Å². The molecule has 3 aromatic rings. The van der Waals surface area contributed by atoms with E-state index in [1.807, 2.05) is 19.1 Å². The molecule has 134 valence electrons. The van der Waals surface area contributed by atoms with E-state index in [4.69, 9.17) is 11.5 Å². The molecule has 3 rings (SSSR count). The summed E-state index contributed by atoms with van der Waals surface area (Å²) in [6, 6.07) is 12.2. The molecule has 0 aliphatic heterocycles. The van der Waals surface area contributed by atoms with Crippen molar-refractivity contribution < 1.29 is 13.9 Å². The van der Waals surface area contributed by atoms with Gasteiger partial charge in [0.2, 0.25) is 0 Å². The van der Waals surface area contributed by atoms with Crippen molar-refractivity contribution in [2.24, 2.45) is 5.73 Å². The summed E-state index contributed by atoms with van der Waals surface area (Å²) < 4.78 is 27.1. The summed E-state index contributed by atoms with van der Waals surface area (Å²) in [5.41, 5.74) is 17.1. The summed E-state index contributed by atoms with van der Waals surface area (Å²) in [5.74, 6) is -1.11. The number of nitrogen functional groups attached to an aromatic ring is 1. The molecule has 0 saturated carbocycles. The number of rotatable bonds is 4. The summed E-state index contributed by atoms with van der Waals surface area (Å²) in [6.07, 6.45) is 0.312. The second kappa shape index (κ2) is 7.14. The number of anilines is 1. The maximum absolute atomic E-state index is 13.6. The average Bonchev–Trinajstić information content (AvgIpc) is 2.57. The number of phenolic OH excluding ortho intramolecular Hbond substituents is 1. The van der Waals surface area contributed by atoms with Crippen LogP contribution >= 0.6 is 0 Å². The molecule has 0 fully saturated rings. The first-order chi connectivity index (χ1) is 12.4. The highest BCUT2D eigenvalue weighted by Crippen LogP contribution is 2.34. The Morgan fingerprint density at radius 1 is 0.885 bits per heavy atom. The Morgan fingerprint density at radius 3 is 2.23 bits per heavy atom. The van der Waals surface area contributed by atoms with Gasteiger partial charge in [-0.3, -0.25) is 0 Å². The summed E-state index contributed by atoms with van der Waals surface area (Å²) in [6.45, 7) is 2.18. The standard InChI is InChI=1S/C21H20F2N2O/c1-12-2-3-18(26)9-19(12)20-10-21(25)15(11-24)7-14(20)4-13-5-16(22)8-17(23)6-13/h2-3,5-10,26H,4,11,24-25H2,1H3. The van der Waals surface area contributed by atoms with Crippen LogP contribution in [0.15, 0.2) is 48.5 Å². The lowest BCUT2D eigenvalue weighted by Crippen LogP contribution is -2.05. The second-order valence-corrected chi connectivity index (χ2v) is 6.37. The van der Waals surface area contributed by atoms with Gasteiger partial charge >= 0.3 is 0 Å². The first-order valence-corrected chi connectivity index (χ1v) is 8.23. The van der Waals surface area contributed by atoms with Crippen LogP contribution in [-0.4, -0.2) is 5.11 Å². The minimum Gasteiger partial charge on any atom is -0.508 e. The third-order valence-electron chi connectivity index (χ3n) is 4.41. The minimum atomic E-state index is -0.621. The number of hydrogen-bond acceptors (Lipinski definition) is 3. The molecule has 0 amide bonds. The quantitative estimate of drug-likeness (QED) is 0.613. The third-order valence-corrected chi connectivity index (χ3v) is 4.41. The summed E-state index contributed by atoms with van der Waals surface area (Å²) in [7, 11) is 0. The van der Waals surface area contributed by atoms with Crippen LogP contribution in [0, 0.1) is 18.6 Å².